The molecule has 24 heavy (non-hydrogen) atoms. The SMILES string of the molecule is C=CC.C=CC(=O)O.C=Cc1ccccc1.C=Cc1ccccc1. The van der Waals surface area contributed by atoms with Crippen molar-refractivity contribution in [3.05, 3.63) is 110 Å². The first-order chi connectivity index (χ1) is 11.5. The lowest BCUT2D eigenvalue weighted by atomic mass is 10.2. The number of carboxylic acid groups (broad SMARTS) is 1. The van der Waals surface area contributed by atoms with E-state index in [-0.39, 0.29) is 0 Å². The molecule has 0 saturated carbocycles. The molecule has 1 N–H and O–H groups in total. The summed E-state index contributed by atoms with van der Waals surface area (Å²) in [7, 11) is 0. The van der Waals surface area contributed by atoms with Gasteiger partial charge >= 0.3 is 5.97 Å². The second kappa shape index (κ2) is 17.9. The van der Waals surface area contributed by atoms with Crippen molar-refractivity contribution in [3.63, 3.8) is 0 Å². The first-order valence-electron chi connectivity index (χ1n) is 7.33. The molecule has 2 nitrogen and oxygen atoms in total. The van der Waals surface area contributed by atoms with Gasteiger partial charge in [-0.1, -0.05) is 98.6 Å². The minimum Gasteiger partial charge on any atom is -0.478 e. The predicted molar refractivity (Wildman–Crippen MR) is 107 cm³/mol. The molecule has 0 unspecified atom stereocenters. The van der Waals surface area contributed by atoms with Crippen LogP contribution in [0, 0.1) is 0 Å². The van der Waals surface area contributed by atoms with Crippen molar-refractivity contribution < 1.29 is 9.90 Å². The Bertz CT molecular complexity index is 540. The monoisotopic (exact) mass is 322 g/mol. The van der Waals surface area contributed by atoms with Crippen molar-refractivity contribution in [1.29, 1.82) is 0 Å². The van der Waals surface area contributed by atoms with Crippen molar-refractivity contribution >= 4 is 18.1 Å². The number of allylic oxidation sites excluding steroid dienone is 1. The highest BCUT2D eigenvalue weighted by molar-refractivity contribution is 5.78. The van der Waals surface area contributed by atoms with Crippen LogP contribution in [0.2, 0.25) is 0 Å². The molecule has 0 aromatic heterocycles. The van der Waals surface area contributed by atoms with Crippen molar-refractivity contribution in [2.75, 3.05) is 0 Å². The minimum atomic E-state index is -0.981. The van der Waals surface area contributed by atoms with Crippen molar-refractivity contribution in [2.45, 2.75) is 6.92 Å². The fourth-order valence-electron chi connectivity index (χ4n) is 1.18. The van der Waals surface area contributed by atoms with Gasteiger partial charge < -0.3 is 5.11 Å². The van der Waals surface area contributed by atoms with E-state index >= 15 is 0 Å². The van der Waals surface area contributed by atoms with E-state index in [1.54, 1.807) is 6.08 Å². The van der Waals surface area contributed by atoms with Crippen LogP contribution < -0.4 is 0 Å². The maximum absolute atomic E-state index is 9.25. The van der Waals surface area contributed by atoms with Crippen molar-refractivity contribution in [3.8, 4) is 0 Å². The van der Waals surface area contributed by atoms with Crippen LogP contribution in [-0.4, -0.2) is 11.1 Å². The normalized spacial score (nSPS) is 7.54. The molecule has 0 atom stereocenters. The second-order valence-corrected chi connectivity index (χ2v) is 4.18. The molecular weight excluding hydrogens is 296 g/mol. The smallest absolute Gasteiger partial charge is 0.327 e. The Labute approximate surface area is 145 Å². The van der Waals surface area contributed by atoms with E-state index in [2.05, 4.69) is 26.3 Å². The number of carboxylic acids is 1. The van der Waals surface area contributed by atoms with Gasteiger partial charge in [0.1, 0.15) is 0 Å². The minimum absolute atomic E-state index is 0.833. The molecule has 0 saturated heterocycles. The molecule has 0 fully saturated rings. The maximum Gasteiger partial charge on any atom is 0.327 e. The van der Waals surface area contributed by atoms with Gasteiger partial charge in [-0.15, -0.1) is 6.58 Å². The lowest BCUT2D eigenvalue weighted by molar-refractivity contribution is -0.131. The Kier molecular flexibility index (Phi) is 17.3. The largest absolute Gasteiger partial charge is 0.478 e. The van der Waals surface area contributed by atoms with E-state index < -0.39 is 5.97 Å². The first-order valence-corrected chi connectivity index (χ1v) is 7.33. The quantitative estimate of drug-likeness (QED) is 0.547. The third-order valence-electron chi connectivity index (χ3n) is 2.25. The Morgan fingerprint density at radius 2 is 1.04 bits per heavy atom. The number of rotatable bonds is 3. The third kappa shape index (κ3) is 16.9. The fraction of sp³-hybridized carbons (Fsp3) is 0.0455. The molecule has 0 aliphatic rings. The highest BCUT2D eigenvalue weighted by Crippen LogP contribution is 1.98. The number of carbonyl (C=O) groups is 1. The third-order valence-corrected chi connectivity index (χ3v) is 2.25. The maximum atomic E-state index is 9.25. The van der Waals surface area contributed by atoms with E-state index in [1.807, 2.05) is 79.7 Å². The second-order valence-electron chi connectivity index (χ2n) is 4.18. The lowest BCUT2D eigenvalue weighted by Crippen LogP contribution is -1.82. The van der Waals surface area contributed by atoms with Gasteiger partial charge in [0.05, 0.1) is 0 Å². The molecule has 0 aliphatic carbocycles. The van der Waals surface area contributed by atoms with Gasteiger partial charge in [0.15, 0.2) is 0 Å². The summed E-state index contributed by atoms with van der Waals surface area (Å²) < 4.78 is 0. The van der Waals surface area contributed by atoms with Crippen molar-refractivity contribution in [2.24, 2.45) is 0 Å². The molecule has 0 radical (unpaired) electrons. The van der Waals surface area contributed by atoms with Gasteiger partial charge in [-0.05, 0) is 18.1 Å². The standard InChI is InChI=1S/2C8H8.C3H4O2.C3H6/c2*1-2-8-6-4-3-5-7-8;1-2-3(4)5;1-3-2/h2*2-7H,1H2;2H,1H2,(H,4,5);3H,1H2,2H3. The van der Waals surface area contributed by atoms with Crippen LogP contribution in [0.3, 0.4) is 0 Å². The predicted octanol–water partition coefficient (Wildman–Crippen LogP) is 6.11. The zero-order valence-corrected chi connectivity index (χ0v) is 14.3. The molecule has 2 heteroatoms. The van der Waals surface area contributed by atoms with Gasteiger partial charge in [-0.25, -0.2) is 4.79 Å². The molecule has 126 valence electrons. The summed E-state index contributed by atoms with van der Waals surface area (Å²) in [6.07, 6.45) is 6.25. The Morgan fingerprint density at radius 1 is 0.792 bits per heavy atom. The van der Waals surface area contributed by atoms with E-state index in [0.717, 1.165) is 6.08 Å². The summed E-state index contributed by atoms with van der Waals surface area (Å²) in [5.41, 5.74) is 2.35. The molecule has 0 bridgehead atoms. The fourth-order valence-corrected chi connectivity index (χ4v) is 1.18. The highest BCUT2D eigenvalue weighted by atomic mass is 16.4. The van der Waals surface area contributed by atoms with Crippen LogP contribution in [0.4, 0.5) is 0 Å². The molecule has 2 aromatic rings. The molecule has 0 heterocycles. The van der Waals surface area contributed by atoms with Crippen LogP contribution in [-0.2, 0) is 4.79 Å². The first kappa shape index (κ1) is 23.1. The summed E-state index contributed by atoms with van der Waals surface area (Å²) >= 11 is 0. The molecular formula is C22H26O2. The van der Waals surface area contributed by atoms with Crippen LogP contribution in [0.1, 0.15) is 18.1 Å². The van der Waals surface area contributed by atoms with Crippen LogP contribution in [0.15, 0.2) is 99.1 Å². The molecule has 2 rings (SSSR count). The van der Waals surface area contributed by atoms with E-state index in [4.69, 9.17) is 5.11 Å². The highest BCUT2D eigenvalue weighted by Gasteiger charge is 1.76. The van der Waals surface area contributed by atoms with Gasteiger partial charge in [-0.3, -0.25) is 0 Å². The number of benzene rings is 2. The van der Waals surface area contributed by atoms with E-state index in [1.165, 1.54) is 11.1 Å². The van der Waals surface area contributed by atoms with Gasteiger partial charge in [0.2, 0.25) is 0 Å². The molecule has 0 amide bonds. The molecule has 2 aromatic carbocycles. The van der Waals surface area contributed by atoms with E-state index in [9.17, 15) is 4.79 Å². The summed E-state index contributed by atoms with van der Waals surface area (Å²) in [6, 6.07) is 20.1. The van der Waals surface area contributed by atoms with Crippen LogP contribution in [0.25, 0.3) is 12.2 Å². The zero-order valence-electron chi connectivity index (χ0n) is 14.3. The summed E-state index contributed by atoms with van der Waals surface area (Å²) in [4.78, 5) is 9.25. The topological polar surface area (TPSA) is 37.3 Å². The number of hydrogen-bond acceptors (Lipinski definition) is 1. The Hall–Kier alpha value is -3.13. The Morgan fingerprint density at radius 3 is 1.17 bits per heavy atom. The van der Waals surface area contributed by atoms with Gasteiger partial charge in [0.25, 0.3) is 0 Å². The lowest BCUT2D eigenvalue weighted by Gasteiger charge is -1.85. The van der Waals surface area contributed by atoms with Crippen LogP contribution in [0.5, 0.6) is 0 Å². The van der Waals surface area contributed by atoms with Gasteiger partial charge in [-0.2, -0.15) is 0 Å². The number of aliphatic carboxylic acids is 1. The molecule has 0 aliphatic heterocycles. The summed E-state index contributed by atoms with van der Waals surface area (Å²) in [5, 5.41) is 7.60. The summed E-state index contributed by atoms with van der Waals surface area (Å²) in [5.74, 6) is -0.981. The number of hydrogen-bond donors (Lipinski definition) is 1. The van der Waals surface area contributed by atoms with Gasteiger partial charge in [0, 0.05) is 6.08 Å². The molecule has 0 spiro atoms. The van der Waals surface area contributed by atoms with Crippen LogP contribution >= 0.6 is 0 Å². The Balaban J connectivity index is 0. The summed E-state index contributed by atoms with van der Waals surface area (Å²) in [6.45, 7) is 15.5. The zero-order chi connectivity index (χ0) is 18.6. The average Bonchev–Trinajstić information content (AvgIpc) is 2.64. The average molecular weight is 322 g/mol. The van der Waals surface area contributed by atoms with Crippen molar-refractivity contribution in [1.82, 2.24) is 0 Å². The van der Waals surface area contributed by atoms with E-state index in [0.29, 0.717) is 0 Å².